The summed E-state index contributed by atoms with van der Waals surface area (Å²) in [4.78, 5) is 0. The molecule has 0 amide bonds. The first kappa shape index (κ1) is 10.3. The van der Waals surface area contributed by atoms with Crippen LogP contribution >= 0.6 is 0 Å². The molecule has 0 aliphatic heterocycles. The zero-order valence-corrected chi connectivity index (χ0v) is 9.39. The van der Waals surface area contributed by atoms with Gasteiger partial charge in [0.2, 0.25) is 0 Å². The van der Waals surface area contributed by atoms with Gasteiger partial charge in [-0.05, 0) is 0 Å². The molecule has 54 valence electrons. The number of hydrogen-bond acceptors (Lipinski definition) is 0. The van der Waals surface area contributed by atoms with Gasteiger partial charge in [0.05, 0.1) is 0 Å². The summed E-state index contributed by atoms with van der Waals surface area (Å²) in [5.41, 5.74) is 0. The van der Waals surface area contributed by atoms with Gasteiger partial charge < -0.3 is 0 Å². The van der Waals surface area contributed by atoms with Crippen LogP contribution in [0.25, 0.3) is 0 Å². The molecule has 0 aliphatic carbocycles. The second-order valence-corrected chi connectivity index (χ2v) is 10.2. The van der Waals surface area contributed by atoms with Crippen molar-refractivity contribution >= 4 is 0 Å². The van der Waals surface area contributed by atoms with E-state index in [0.717, 1.165) is 0 Å². The van der Waals surface area contributed by atoms with Gasteiger partial charge in [-0.3, -0.25) is 0 Å². The number of rotatable bonds is 6. The minimum atomic E-state index is -1.23. The van der Waals surface area contributed by atoms with Gasteiger partial charge in [-0.1, -0.05) is 0 Å². The van der Waals surface area contributed by atoms with Gasteiger partial charge in [0, 0.05) is 0 Å². The fraction of sp³-hybridized carbons (Fsp3) is 0.333. The monoisotopic (exact) mass is 212 g/mol. The second kappa shape index (κ2) is 7.43. The van der Waals surface area contributed by atoms with Crippen LogP contribution in [0.4, 0.5) is 0 Å². The van der Waals surface area contributed by atoms with E-state index in [1.807, 2.05) is 18.2 Å². The molecule has 0 unspecified atom stereocenters. The first-order valence-corrected chi connectivity index (χ1v) is 9.70. The van der Waals surface area contributed by atoms with E-state index in [1.165, 1.54) is 9.69 Å². The zero-order valence-electron chi connectivity index (χ0n) is 6.55. The van der Waals surface area contributed by atoms with Gasteiger partial charge in [0.25, 0.3) is 0 Å². The van der Waals surface area contributed by atoms with Crippen molar-refractivity contribution in [2.45, 2.75) is 9.69 Å². The van der Waals surface area contributed by atoms with Crippen LogP contribution in [0.2, 0.25) is 9.69 Å². The van der Waals surface area contributed by atoms with Crippen molar-refractivity contribution in [3.8, 4) is 0 Å². The van der Waals surface area contributed by atoms with Crippen molar-refractivity contribution in [3.05, 3.63) is 38.0 Å². The third-order valence-electron chi connectivity index (χ3n) is 1.50. The van der Waals surface area contributed by atoms with Crippen LogP contribution in [-0.4, -0.2) is 0 Å². The Balaban J connectivity index is 3.58. The fourth-order valence-corrected chi connectivity index (χ4v) is 5.89. The molecular formula is C9H15Y. The molecule has 0 radical (unpaired) electrons. The normalized spacial score (nSPS) is 8.40. The van der Waals surface area contributed by atoms with Crippen molar-refractivity contribution in [3.63, 3.8) is 0 Å². The Morgan fingerprint density at radius 3 is 1.30 bits per heavy atom. The van der Waals surface area contributed by atoms with E-state index in [4.69, 9.17) is 0 Å². The van der Waals surface area contributed by atoms with Crippen LogP contribution in [0.5, 0.6) is 0 Å². The molecule has 0 saturated heterocycles. The summed E-state index contributed by atoms with van der Waals surface area (Å²) in [6.07, 6.45) is 6.15. The predicted molar refractivity (Wildman–Crippen MR) is 45.0 cm³/mol. The van der Waals surface area contributed by atoms with E-state index in [1.54, 1.807) is 0 Å². The summed E-state index contributed by atoms with van der Waals surface area (Å²) in [5, 5.41) is 0. The van der Waals surface area contributed by atoms with Gasteiger partial charge >= 0.3 is 75.1 Å². The summed E-state index contributed by atoms with van der Waals surface area (Å²) < 4.78 is 3.83. The Morgan fingerprint density at radius 1 is 0.800 bits per heavy atom. The quantitative estimate of drug-likeness (QED) is 0.592. The number of allylic oxidation sites excluding steroid dienone is 3. The Labute approximate surface area is 74.6 Å². The Morgan fingerprint density at radius 2 is 1.10 bits per heavy atom. The molecule has 0 rings (SSSR count). The zero-order chi connectivity index (χ0) is 7.82. The van der Waals surface area contributed by atoms with Crippen LogP contribution in [0.15, 0.2) is 38.0 Å². The average Bonchev–Trinajstić information content (AvgIpc) is 1.90. The summed E-state index contributed by atoms with van der Waals surface area (Å²) in [6, 6.07) is 0. The molecule has 0 aromatic heterocycles. The first-order valence-electron chi connectivity index (χ1n) is 3.67. The van der Waals surface area contributed by atoms with Gasteiger partial charge in [-0.2, -0.15) is 0 Å². The maximum absolute atomic E-state index is 3.75. The molecule has 10 heavy (non-hydrogen) atoms. The van der Waals surface area contributed by atoms with Gasteiger partial charge in [0.1, 0.15) is 0 Å². The Hall–Kier alpha value is 0.324. The molecule has 0 saturated carbocycles. The molecule has 0 aliphatic rings. The van der Waals surface area contributed by atoms with E-state index in [-0.39, 0.29) is 0 Å². The van der Waals surface area contributed by atoms with Crippen molar-refractivity contribution in [1.29, 1.82) is 0 Å². The summed E-state index contributed by atoms with van der Waals surface area (Å²) in [6.45, 7) is 11.2. The Kier molecular flexibility index (Phi) is 7.67. The second-order valence-electron chi connectivity index (χ2n) is 2.44. The van der Waals surface area contributed by atoms with Crippen LogP contribution in [0.3, 0.4) is 0 Å². The van der Waals surface area contributed by atoms with Crippen molar-refractivity contribution < 1.29 is 27.4 Å². The molecule has 0 aromatic rings. The molecule has 0 bridgehead atoms. The van der Waals surface area contributed by atoms with Crippen molar-refractivity contribution in [1.82, 2.24) is 0 Å². The van der Waals surface area contributed by atoms with E-state index in [0.29, 0.717) is 0 Å². The van der Waals surface area contributed by atoms with Gasteiger partial charge in [-0.15, -0.1) is 0 Å². The minimum absolute atomic E-state index is 1.23. The molecule has 1 heteroatoms. The van der Waals surface area contributed by atoms with Crippen LogP contribution < -0.4 is 0 Å². The van der Waals surface area contributed by atoms with Gasteiger partial charge in [-0.25, -0.2) is 0 Å². The van der Waals surface area contributed by atoms with Crippen LogP contribution in [0.1, 0.15) is 0 Å². The van der Waals surface area contributed by atoms with E-state index < -0.39 is 27.4 Å². The number of hydrogen-bond donors (Lipinski definition) is 0. The molecule has 0 atom stereocenters. The molecule has 0 aromatic carbocycles. The third-order valence-corrected chi connectivity index (χ3v) is 8.87. The van der Waals surface area contributed by atoms with Gasteiger partial charge in [0.15, 0.2) is 0 Å². The molecule has 0 fully saturated rings. The van der Waals surface area contributed by atoms with Crippen molar-refractivity contribution in [2.75, 3.05) is 0 Å². The summed E-state index contributed by atoms with van der Waals surface area (Å²) in [7, 11) is 0. The molecule has 0 N–H and O–H groups in total. The Bertz CT molecular complexity index is 92.1. The van der Waals surface area contributed by atoms with E-state index in [2.05, 4.69) is 19.7 Å². The molecule has 0 heterocycles. The molecular weight excluding hydrogens is 197 g/mol. The standard InChI is InChI=1S/3C3H5.Y/c3*1-3-2;/h3*3H,1-2H2;. The SMILES string of the molecule is C=C[CH2][Y]([CH2]C=C)[CH2]C=C. The average molecular weight is 212 g/mol. The maximum atomic E-state index is 3.75. The summed E-state index contributed by atoms with van der Waals surface area (Å²) in [5.74, 6) is 0. The first-order chi connectivity index (χ1) is 4.85. The fourth-order valence-electron chi connectivity index (χ4n) is 0.996. The molecule has 0 nitrogen and oxygen atoms in total. The summed E-state index contributed by atoms with van der Waals surface area (Å²) >= 11 is -1.23. The van der Waals surface area contributed by atoms with Crippen LogP contribution in [-0.2, 0) is 27.4 Å². The molecule has 0 spiro atoms. The third kappa shape index (κ3) is 5.14. The van der Waals surface area contributed by atoms with E-state index in [9.17, 15) is 0 Å². The predicted octanol–water partition coefficient (Wildman–Crippen LogP) is 3.42. The van der Waals surface area contributed by atoms with Crippen molar-refractivity contribution in [2.24, 2.45) is 0 Å². The topological polar surface area (TPSA) is 0 Å². The van der Waals surface area contributed by atoms with Crippen LogP contribution in [0, 0.1) is 0 Å². The van der Waals surface area contributed by atoms with E-state index >= 15 is 0 Å².